The van der Waals surface area contributed by atoms with Gasteiger partial charge in [0.1, 0.15) is 6.61 Å². The fourth-order valence-electron chi connectivity index (χ4n) is 3.77. The number of carboxylic acids is 2. The molecule has 0 unspecified atom stereocenters. The van der Waals surface area contributed by atoms with Crippen molar-refractivity contribution in [3.8, 4) is 0 Å². The van der Waals surface area contributed by atoms with Crippen LogP contribution in [0, 0.1) is 5.41 Å². The highest BCUT2D eigenvalue weighted by atomic mass is 19.4. The maximum absolute atomic E-state index is 11.9. The van der Waals surface area contributed by atoms with Crippen molar-refractivity contribution in [1.82, 2.24) is 14.8 Å². The molecule has 0 bridgehead atoms. The zero-order valence-electron chi connectivity index (χ0n) is 19.3. The summed E-state index contributed by atoms with van der Waals surface area (Å²) in [4.78, 5) is 38.4. The van der Waals surface area contributed by atoms with Crippen LogP contribution in [0.15, 0.2) is 24.5 Å². The number of likely N-dealkylation sites (tertiary alicyclic amines) is 2. The van der Waals surface area contributed by atoms with Gasteiger partial charge in [-0.25, -0.2) is 9.59 Å². The van der Waals surface area contributed by atoms with Gasteiger partial charge in [0.15, 0.2) is 0 Å². The first kappa shape index (κ1) is 31.1. The van der Waals surface area contributed by atoms with Crippen LogP contribution in [0.3, 0.4) is 0 Å². The van der Waals surface area contributed by atoms with E-state index in [1.54, 1.807) is 7.11 Å². The molecule has 0 aromatic carbocycles. The second-order valence-electron chi connectivity index (χ2n) is 8.24. The lowest BCUT2D eigenvalue weighted by molar-refractivity contribution is -0.193. The number of pyridine rings is 1. The van der Waals surface area contributed by atoms with Gasteiger partial charge in [-0.05, 0) is 42.9 Å². The maximum Gasteiger partial charge on any atom is 0.490 e. The summed E-state index contributed by atoms with van der Waals surface area (Å²) in [6.45, 7) is 5.25. The van der Waals surface area contributed by atoms with E-state index in [0.29, 0.717) is 5.41 Å². The number of methoxy groups -OCH3 is 1. The van der Waals surface area contributed by atoms with E-state index in [1.165, 1.54) is 12.0 Å². The van der Waals surface area contributed by atoms with Crippen molar-refractivity contribution in [2.45, 2.75) is 38.2 Å². The first-order valence-electron chi connectivity index (χ1n) is 10.6. The van der Waals surface area contributed by atoms with Gasteiger partial charge in [-0.3, -0.25) is 14.7 Å². The predicted octanol–water partition coefficient (Wildman–Crippen LogP) is 2.81. The molecular formula is C21H27F6N3O6. The molecule has 2 aliphatic rings. The average molecular weight is 531 g/mol. The molecule has 36 heavy (non-hydrogen) atoms. The van der Waals surface area contributed by atoms with Crippen LogP contribution in [-0.4, -0.2) is 95.1 Å². The molecule has 0 radical (unpaired) electrons. The fourth-order valence-corrected chi connectivity index (χ4v) is 3.77. The molecule has 204 valence electrons. The van der Waals surface area contributed by atoms with Crippen molar-refractivity contribution < 1.29 is 55.7 Å². The van der Waals surface area contributed by atoms with Gasteiger partial charge in [0.2, 0.25) is 5.91 Å². The van der Waals surface area contributed by atoms with Crippen LogP contribution in [0.1, 0.15) is 24.8 Å². The van der Waals surface area contributed by atoms with Gasteiger partial charge in [0.05, 0.1) is 0 Å². The number of amides is 1. The van der Waals surface area contributed by atoms with E-state index in [0.717, 1.165) is 45.6 Å². The van der Waals surface area contributed by atoms with E-state index in [9.17, 15) is 31.1 Å². The van der Waals surface area contributed by atoms with Crippen LogP contribution >= 0.6 is 0 Å². The number of piperidine rings is 1. The minimum Gasteiger partial charge on any atom is -0.475 e. The quantitative estimate of drug-likeness (QED) is 0.570. The van der Waals surface area contributed by atoms with Crippen LogP contribution in [0.5, 0.6) is 0 Å². The topological polar surface area (TPSA) is 120 Å². The summed E-state index contributed by atoms with van der Waals surface area (Å²) in [5.41, 5.74) is 1.69. The molecule has 0 aliphatic carbocycles. The SMILES string of the molecule is COCC(=O)N1CCC2(CCN(Cc3cccnc3)C2)CC1.O=C(O)C(F)(F)F.O=C(O)C(F)(F)F. The van der Waals surface area contributed by atoms with Crippen LogP contribution < -0.4 is 0 Å². The Morgan fingerprint density at radius 3 is 1.92 bits per heavy atom. The minimum absolute atomic E-state index is 0.127. The van der Waals surface area contributed by atoms with Crippen LogP contribution in [-0.2, 0) is 25.7 Å². The molecular weight excluding hydrogens is 504 g/mol. The summed E-state index contributed by atoms with van der Waals surface area (Å²) in [5.74, 6) is -5.39. The Labute approximate surface area is 202 Å². The van der Waals surface area contributed by atoms with Gasteiger partial charge >= 0.3 is 24.3 Å². The number of hydrogen-bond donors (Lipinski definition) is 2. The Morgan fingerprint density at radius 2 is 1.50 bits per heavy atom. The first-order chi connectivity index (χ1) is 16.6. The zero-order valence-corrected chi connectivity index (χ0v) is 19.3. The number of hydrogen-bond acceptors (Lipinski definition) is 6. The van der Waals surface area contributed by atoms with Crippen LogP contribution in [0.4, 0.5) is 26.3 Å². The molecule has 0 atom stereocenters. The van der Waals surface area contributed by atoms with Gasteiger partial charge in [-0.1, -0.05) is 6.07 Å². The van der Waals surface area contributed by atoms with E-state index in [2.05, 4.69) is 16.0 Å². The number of ether oxygens (including phenoxy) is 1. The normalized spacial score (nSPS) is 17.5. The van der Waals surface area contributed by atoms with E-state index in [-0.39, 0.29) is 12.5 Å². The van der Waals surface area contributed by atoms with Gasteiger partial charge < -0.3 is 19.8 Å². The summed E-state index contributed by atoms with van der Waals surface area (Å²) in [6.07, 6.45) is -2.91. The summed E-state index contributed by atoms with van der Waals surface area (Å²) < 4.78 is 68.4. The van der Waals surface area contributed by atoms with Crippen molar-refractivity contribution in [3.63, 3.8) is 0 Å². The van der Waals surface area contributed by atoms with E-state index < -0.39 is 24.3 Å². The number of carbonyl (C=O) groups excluding carboxylic acids is 1. The Morgan fingerprint density at radius 1 is 1.00 bits per heavy atom. The molecule has 9 nitrogen and oxygen atoms in total. The lowest BCUT2D eigenvalue weighted by Gasteiger charge is -2.39. The molecule has 3 rings (SSSR count). The van der Waals surface area contributed by atoms with Crippen molar-refractivity contribution in [2.24, 2.45) is 5.41 Å². The molecule has 3 heterocycles. The van der Waals surface area contributed by atoms with Crippen LogP contribution in [0.2, 0.25) is 0 Å². The largest absolute Gasteiger partial charge is 0.490 e. The van der Waals surface area contributed by atoms with E-state index in [4.69, 9.17) is 24.5 Å². The fraction of sp³-hybridized carbons (Fsp3) is 0.619. The third-order valence-electron chi connectivity index (χ3n) is 5.58. The molecule has 1 aromatic heterocycles. The summed E-state index contributed by atoms with van der Waals surface area (Å²) in [5, 5.41) is 14.2. The second-order valence-corrected chi connectivity index (χ2v) is 8.24. The third-order valence-corrected chi connectivity index (χ3v) is 5.58. The van der Waals surface area contributed by atoms with Gasteiger partial charge in [-0.2, -0.15) is 26.3 Å². The first-order valence-corrected chi connectivity index (χ1v) is 10.6. The molecule has 1 amide bonds. The van der Waals surface area contributed by atoms with Crippen LogP contribution in [0.25, 0.3) is 0 Å². The average Bonchev–Trinajstić information content (AvgIpc) is 3.16. The Kier molecular flexibility index (Phi) is 11.6. The molecule has 1 spiro atoms. The molecule has 0 saturated carbocycles. The monoisotopic (exact) mass is 531 g/mol. The lowest BCUT2D eigenvalue weighted by atomic mass is 9.78. The standard InChI is InChI=1S/C17H25N3O2.2C2HF3O2/c1-22-13-16(21)20-9-5-17(6-10-20)4-8-19(14-17)12-15-3-2-7-18-11-15;2*3-2(4,5)1(6)7/h2-3,7,11H,4-6,8-10,12-14H2,1H3;2*(H,6,7). The second kappa shape index (κ2) is 13.4. The summed E-state index contributed by atoms with van der Waals surface area (Å²) in [7, 11) is 1.58. The van der Waals surface area contributed by atoms with Crippen molar-refractivity contribution in [3.05, 3.63) is 30.1 Å². The number of aliphatic carboxylic acids is 2. The number of aromatic nitrogens is 1. The van der Waals surface area contributed by atoms with E-state index >= 15 is 0 Å². The Balaban J connectivity index is 0.000000383. The third kappa shape index (κ3) is 10.8. The number of rotatable bonds is 4. The smallest absolute Gasteiger partial charge is 0.475 e. The molecule has 2 saturated heterocycles. The highest BCUT2D eigenvalue weighted by Gasteiger charge is 2.41. The maximum atomic E-state index is 11.9. The van der Waals surface area contributed by atoms with Gasteiger partial charge in [0.25, 0.3) is 0 Å². The predicted molar refractivity (Wildman–Crippen MR) is 112 cm³/mol. The highest BCUT2D eigenvalue weighted by Crippen LogP contribution is 2.40. The van der Waals surface area contributed by atoms with Crippen molar-refractivity contribution in [2.75, 3.05) is 39.9 Å². The van der Waals surface area contributed by atoms with Crippen molar-refractivity contribution in [1.29, 1.82) is 0 Å². The summed E-state index contributed by atoms with van der Waals surface area (Å²) in [6, 6.07) is 4.14. The highest BCUT2D eigenvalue weighted by molar-refractivity contribution is 5.77. The molecule has 2 fully saturated rings. The minimum atomic E-state index is -5.08. The Hall–Kier alpha value is -2.94. The lowest BCUT2D eigenvalue weighted by Crippen LogP contribution is -2.45. The summed E-state index contributed by atoms with van der Waals surface area (Å²) >= 11 is 0. The number of halogens is 6. The molecule has 15 heteroatoms. The molecule has 2 aliphatic heterocycles. The van der Waals surface area contributed by atoms with E-state index in [1.807, 2.05) is 23.4 Å². The van der Waals surface area contributed by atoms with Gasteiger partial charge in [0, 0.05) is 45.7 Å². The van der Waals surface area contributed by atoms with Gasteiger partial charge in [-0.15, -0.1) is 0 Å². The molecule has 1 aromatic rings. The number of carbonyl (C=O) groups is 3. The number of alkyl halides is 6. The molecule has 2 N–H and O–H groups in total. The van der Waals surface area contributed by atoms with Crippen molar-refractivity contribution >= 4 is 17.8 Å². The zero-order chi connectivity index (χ0) is 27.6. The number of nitrogens with zero attached hydrogens (tertiary/aromatic N) is 3. The Bertz CT molecular complexity index is 834. The number of carboxylic acid groups (broad SMARTS) is 2.